The number of hydrogen-bond acceptors (Lipinski definition) is 4. The molecule has 0 amide bonds. The molecule has 5 nitrogen and oxygen atoms in total. The van der Waals surface area contributed by atoms with Crippen molar-refractivity contribution >= 4 is 10.0 Å². The molecule has 0 radical (unpaired) electrons. The predicted octanol–water partition coefficient (Wildman–Crippen LogP) is 2.59. The summed E-state index contributed by atoms with van der Waals surface area (Å²) in [5.41, 5.74) is -0.977. The molecular weight excluding hydrogens is 288 g/mol. The first-order valence-corrected chi connectivity index (χ1v) is 8.59. The van der Waals surface area contributed by atoms with E-state index >= 15 is 0 Å². The Morgan fingerprint density at radius 3 is 2.19 bits per heavy atom. The van der Waals surface area contributed by atoms with Crippen LogP contribution in [0.3, 0.4) is 0 Å². The van der Waals surface area contributed by atoms with Crippen molar-refractivity contribution in [2.24, 2.45) is 0 Å². The summed E-state index contributed by atoms with van der Waals surface area (Å²) >= 11 is 0. The fraction of sp³-hybridized carbons (Fsp3) is 0.533. The lowest BCUT2D eigenvalue weighted by Crippen LogP contribution is -2.46. The van der Waals surface area contributed by atoms with Gasteiger partial charge in [-0.25, -0.2) is 8.42 Å². The summed E-state index contributed by atoms with van der Waals surface area (Å²) in [5, 5.41) is 9.46. The molecule has 1 fully saturated rings. The van der Waals surface area contributed by atoms with Gasteiger partial charge in [-0.3, -0.25) is 0 Å². The van der Waals surface area contributed by atoms with Gasteiger partial charge in [0.25, 0.3) is 0 Å². The number of sulfonamides is 1. The Bertz CT molecular complexity index is 609. The van der Waals surface area contributed by atoms with Crippen LogP contribution in [0.25, 0.3) is 0 Å². The van der Waals surface area contributed by atoms with E-state index < -0.39 is 15.6 Å². The minimum Gasteiger partial charge on any atom is -0.497 e. The number of nitrogens with one attached hydrogen (secondary N) is 1. The molecule has 2 rings (SSSR count). The molecule has 0 aromatic heterocycles. The number of hydrogen-bond donors (Lipinski definition) is 1. The smallest absolute Gasteiger partial charge is 0.241 e. The van der Waals surface area contributed by atoms with E-state index in [4.69, 9.17) is 4.74 Å². The largest absolute Gasteiger partial charge is 0.497 e. The van der Waals surface area contributed by atoms with Crippen LogP contribution in [0, 0.1) is 11.3 Å². The SMILES string of the molecule is COc1ccc(S(=O)(=O)NC2(C#N)CCCCCC2)cc1. The van der Waals surface area contributed by atoms with Gasteiger partial charge in [-0.05, 0) is 37.1 Å². The van der Waals surface area contributed by atoms with Crippen LogP contribution in [0.5, 0.6) is 5.75 Å². The van der Waals surface area contributed by atoms with Crippen LogP contribution in [0.15, 0.2) is 29.2 Å². The monoisotopic (exact) mass is 308 g/mol. The van der Waals surface area contributed by atoms with Crippen molar-refractivity contribution in [3.63, 3.8) is 0 Å². The van der Waals surface area contributed by atoms with Crippen LogP contribution in [-0.2, 0) is 10.0 Å². The first kappa shape index (κ1) is 15.8. The van der Waals surface area contributed by atoms with E-state index in [0.717, 1.165) is 25.7 Å². The fourth-order valence-corrected chi connectivity index (χ4v) is 4.02. The summed E-state index contributed by atoms with van der Waals surface area (Å²) in [6, 6.07) is 8.36. The van der Waals surface area contributed by atoms with Crippen molar-refractivity contribution in [2.75, 3.05) is 7.11 Å². The van der Waals surface area contributed by atoms with Gasteiger partial charge in [0.05, 0.1) is 18.1 Å². The van der Waals surface area contributed by atoms with Gasteiger partial charge in [-0.2, -0.15) is 9.98 Å². The minimum atomic E-state index is -3.70. The highest BCUT2D eigenvalue weighted by Crippen LogP contribution is 2.28. The van der Waals surface area contributed by atoms with Gasteiger partial charge in [0.1, 0.15) is 11.3 Å². The normalized spacial score (nSPS) is 18.5. The molecule has 1 N–H and O–H groups in total. The second kappa shape index (κ2) is 6.46. The average Bonchev–Trinajstić information content (AvgIpc) is 2.73. The molecule has 0 aliphatic heterocycles. The highest BCUT2D eigenvalue weighted by atomic mass is 32.2. The molecule has 114 valence electrons. The Kier molecular flexibility index (Phi) is 4.86. The van der Waals surface area contributed by atoms with Crippen LogP contribution < -0.4 is 9.46 Å². The van der Waals surface area contributed by atoms with Crippen LogP contribution in [0.2, 0.25) is 0 Å². The number of benzene rings is 1. The van der Waals surface area contributed by atoms with Gasteiger partial charge in [0.15, 0.2) is 0 Å². The van der Waals surface area contributed by atoms with Crippen LogP contribution in [0.4, 0.5) is 0 Å². The molecule has 6 heteroatoms. The van der Waals surface area contributed by atoms with Crippen molar-refractivity contribution in [1.29, 1.82) is 5.26 Å². The molecule has 0 atom stereocenters. The fourth-order valence-electron chi connectivity index (χ4n) is 2.64. The number of methoxy groups -OCH3 is 1. The second-order valence-corrected chi connectivity index (χ2v) is 7.07. The zero-order chi connectivity index (χ0) is 15.3. The van der Waals surface area contributed by atoms with Crippen molar-refractivity contribution in [3.05, 3.63) is 24.3 Å². The number of ether oxygens (including phenoxy) is 1. The molecule has 0 bridgehead atoms. The van der Waals surface area contributed by atoms with Crippen molar-refractivity contribution in [1.82, 2.24) is 4.72 Å². The highest BCUT2D eigenvalue weighted by Gasteiger charge is 2.35. The lowest BCUT2D eigenvalue weighted by molar-refractivity contribution is 0.414. The van der Waals surface area contributed by atoms with Gasteiger partial charge in [0.2, 0.25) is 10.0 Å². The van der Waals surface area contributed by atoms with E-state index in [-0.39, 0.29) is 4.90 Å². The molecule has 0 unspecified atom stereocenters. The topological polar surface area (TPSA) is 79.2 Å². The second-order valence-electron chi connectivity index (χ2n) is 5.39. The third-order valence-electron chi connectivity index (χ3n) is 3.87. The van der Waals surface area contributed by atoms with Crippen molar-refractivity contribution in [2.45, 2.75) is 49.0 Å². The zero-order valence-corrected chi connectivity index (χ0v) is 12.9. The van der Waals surface area contributed by atoms with E-state index in [0.29, 0.717) is 18.6 Å². The minimum absolute atomic E-state index is 0.155. The summed E-state index contributed by atoms with van der Waals surface area (Å²) in [6.07, 6.45) is 4.98. The quantitative estimate of drug-likeness (QED) is 0.867. The van der Waals surface area contributed by atoms with Gasteiger partial charge < -0.3 is 4.74 Å². The number of nitrogens with zero attached hydrogens (tertiary/aromatic N) is 1. The molecular formula is C15H20N2O3S. The lowest BCUT2D eigenvalue weighted by Gasteiger charge is -2.26. The molecule has 21 heavy (non-hydrogen) atoms. The first-order valence-electron chi connectivity index (χ1n) is 7.11. The summed E-state index contributed by atoms with van der Waals surface area (Å²) in [5.74, 6) is 0.596. The molecule has 0 spiro atoms. The Balaban J connectivity index is 2.24. The van der Waals surface area contributed by atoms with Crippen molar-refractivity contribution < 1.29 is 13.2 Å². The zero-order valence-electron chi connectivity index (χ0n) is 12.1. The van der Waals surface area contributed by atoms with E-state index in [1.807, 2.05) is 0 Å². The summed E-state index contributed by atoms with van der Waals surface area (Å²) in [7, 11) is -2.17. The predicted molar refractivity (Wildman–Crippen MR) is 79.4 cm³/mol. The van der Waals surface area contributed by atoms with Crippen LogP contribution in [0.1, 0.15) is 38.5 Å². The molecule has 1 aliphatic carbocycles. The Morgan fingerprint density at radius 1 is 1.14 bits per heavy atom. The Labute approximate surface area is 126 Å². The van der Waals surface area contributed by atoms with Gasteiger partial charge in [-0.1, -0.05) is 25.7 Å². The van der Waals surface area contributed by atoms with Crippen molar-refractivity contribution in [3.8, 4) is 11.8 Å². The lowest BCUT2D eigenvalue weighted by atomic mass is 9.94. The summed E-state index contributed by atoms with van der Waals surface area (Å²) < 4.78 is 32.6. The standard InChI is InChI=1S/C15H20N2O3S/c1-20-13-6-8-14(9-7-13)21(18,19)17-15(12-16)10-4-2-3-5-11-15/h6-9,17H,2-5,10-11H2,1H3. The molecule has 0 saturated heterocycles. The number of rotatable bonds is 4. The van der Waals surface area contributed by atoms with E-state index in [1.165, 1.54) is 19.2 Å². The summed E-state index contributed by atoms with van der Waals surface area (Å²) in [6.45, 7) is 0. The van der Waals surface area contributed by atoms with Gasteiger partial charge >= 0.3 is 0 Å². The third-order valence-corrected chi connectivity index (χ3v) is 5.42. The van der Waals surface area contributed by atoms with Crippen LogP contribution >= 0.6 is 0 Å². The third kappa shape index (κ3) is 3.74. The molecule has 0 heterocycles. The first-order chi connectivity index (χ1) is 10.0. The van der Waals surface area contributed by atoms with E-state index in [1.54, 1.807) is 12.1 Å². The molecule has 1 saturated carbocycles. The maximum absolute atomic E-state index is 12.5. The van der Waals surface area contributed by atoms with Crippen LogP contribution in [-0.4, -0.2) is 21.1 Å². The molecule has 1 aromatic carbocycles. The Hall–Kier alpha value is -1.58. The number of nitriles is 1. The maximum Gasteiger partial charge on any atom is 0.241 e. The maximum atomic E-state index is 12.5. The van der Waals surface area contributed by atoms with Gasteiger partial charge in [0, 0.05) is 0 Å². The van der Waals surface area contributed by atoms with E-state index in [9.17, 15) is 13.7 Å². The molecule has 1 aliphatic rings. The molecule has 1 aromatic rings. The van der Waals surface area contributed by atoms with Gasteiger partial charge in [-0.15, -0.1) is 0 Å². The Morgan fingerprint density at radius 2 is 1.71 bits per heavy atom. The summed E-state index contributed by atoms with van der Waals surface area (Å²) in [4.78, 5) is 0.155. The highest BCUT2D eigenvalue weighted by molar-refractivity contribution is 7.89. The van der Waals surface area contributed by atoms with E-state index in [2.05, 4.69) is 10.8 Å². The average molecular weight is 308 g/mol.